The zero-order chi connectivity index (χ0) is 19.4. The molecule has 0 saturated carbocycles. The number of halogens is 2. The highest BCUT2D eigenvalue weighted by atomic mass is 35.5. The van der Waals surface area contributed by atoms with E-state index in [0.717, 1.165) is 21.8 Å². The molecule has 0 radical (unpaired) electrons. The Labute approximate surface area is 167 Å². The quantitative estimate of drug-likeness (QED) is 0.466. The number of methoxy groups -OCH3 is 1. The van der Waals surface area contributed by atoms with Gasteiger partial charge in [0.25, 0.3) is 0 Å². The van der Waals surface area contributed by atoms with E-state index in [4.69, 9.17) is 21.1 Å². The Morgan fingerprint density at radius 1 is 1.15 bits per heavy atom. The molecule has 0 unspecified atom stereocenters. The van der Waals surface area contributed by atoms with Gasteiger partial charge < -0.3 is 9.47 Å². The Morgan fingerprint density at radius 2 is 1.89 bits per heavy atom. The van der Waals surface area contributed by atoms with Crippen molar-refractivity contribution in [2.75, 3.05) is 7.11 Å². The van der Waals surface area contributed by atoms with Gasteiger partial charge >= 0.3 is 0 Å². The molecule has 0 saturated heterocycles. The van der Waals surface area contributed by atoms with Gasteiger partial charge in [0.05, 0.1) is 23.9 Å². The number of thiazole rings is 1. The van der Waals surface area contributed by atoms with E-state index in [1.54, 1.807) is 19.2 Å². The van der Waals surface area contributed by atoms with Crippen LogP contribution in [0, 0.1) is 5.82 Å². The lowest BCUT2D eigenvalue weighted by molar-refractivity contribution is 0.230. The molecule has 0 amide bonds. The number of hydrogen-bond donors (Lipinski definition) is 0. The van der Waals surface area contributed by atoms with E-state index in [-0.39, 0.29) is 11.9 Å². The van der Waals surface area contributed by atoms with Crippen LogP contribution in [0.15, 0.2) is 41.8 Å². The SMILES string of the molecule is COc1cc(/C=C/c2nc(-c3ccc(F)cc3)cs2)cc(Cl)c1OC(C)C. The van der Waals surface area contributed by atoms with Crippen molar-refractivity contribution < 1.29 is 13.9 Å². The van der Waals surface area contributed by atoms with Gasteiger partial charge in [-0.3, -0.25) is 0 Å². The van der Waals surface area contributed by atoms with Crippen LogP contribution in [0.3, 0.4) is 0 Å². The summed E-state index contributed by atoms with van der Waals surface area (Å²) in [5.41, 5.74) is 2.58. The molecule has 3 nitrogen and oxygen atoms in total. The summed E-state index contributed by atoms with van der Waals surface area (Å²) in [6.45, 7) is 3.87. The third-order valence-electron chi connectivity index (χ3n) is 3.69. The minimum Gasteiger partial charge on any atom is -0.493 e. The Morgan fingerprint density at radius 3 is 2.56 bits per heavy atom. The van der Waals surface area contributed by atoms with Gasteiger partial charge in [0.15, 0.2) is 11.5 Å². The summed E-state index contributed by atoms with van der Waals surface area (Å²) in [5.74, 6) is 0.867. The average Bonchev–Trinajstić information content (AvgIpc) is 3.11. The third-order valence-corrected chi connectivity index (χ3v) is 4.78. The zero-order valence-corrected chi connectivity index (χ0v) is 16.8. The first kappa shape index (κ1) is 19.4. The second-order valence-corrected chi connectivity index (χ2v) is 7.41. The fraction of sp³-hybridized carbons (Fsp3) is 0.190. The molecule has 1 heterocycles. The van der Waals surface area contributed by atoms with E-state index in [1.165, 1.54) is 23.5 Å². The molecule has 3 aromatic rings. The van der Waals surface area contributed by atoms with Gasteiger partial charge in [-0.15, -0.1) is 11.3 Å². The lowest BCUT2D eigenvalue weighted by Crippen LogP contribution is -2.07. The lowest BCUT2D eigenvalue weighted by atomic mass is 10.1. The van der Waals surface area contributed by atoms with E-state index in [9.17, 15) is 4.39 Å². The highest BCUT2D eigenvalue weighted by molar-refractivity contribution is 7.10. The van der Waals surface area contributed by atoms with E-state index >= 15 is 0 Å². The number of nitrogens with zero attached hydrogens (tertiary/aromatic N) is 1. The summed E-state index contributed by atoms with van der Waals surface area (Å²) in [7, 11) is 1.59. The molecule has 0 spiro atoms. The van der Waals surface area contributed by atoms with E-state index in [1.807, 2.05) is 43.5 Å². The van der Waals surface area contributed by atoms with Crippen molar-refractivity contribution in [3.05, 3.63) is 63.2 Å². The van der Waals surface area contributed by atoms with Gasteiger partial charge in [0, 0.05) is 10.9 Å². The monoisotopic (exact) mass is 403 g/mol. The standard InChI is InChI=1S/C21H19ClFNO2S/c1-13(2)26-21-17(22)10-14(11-19(21)25-3)4-9-20-24-18(12-27-20)15-5-7-16(23)8-6-15/h4-13H,1-3H3/b9-4+. The van der Waals surface area contributed by atoms with Gasteiger partial charge in [-0.2, -0.15) is 0 Å². The molecular weight excluding hydrogens is 385 g/mol. The lowest BCUT2D eigenvalue weighted by Gasteiger charge is -2.15. The summed E-state index contributed by atoms with van der Waals surface area (Å²) in [4.78, 5) is 4.57. The van der Waals surface area contributed by atoms with Crippen molar-refractivity contribution in [1.29, 1.82) is 0 Å². The van der Waals surface area contributed by atoms with Gasteiger partial charge in [0.1, 0.15) is 10.8 Å². The Kier molecular flexibility index (Phi) is 6.14. The predicted molar refractivity (Wildman–Crippen MR) is 110 cm³/mol. The highest BCUT2D eigenvalue weighted by Gasteiger charge is 2.12. The van der Waals surface area contributed by atoms with Crippen LogP contribution < -0.4 is 9.47 Å². The fourth-order valence-electron chi connectivity index (χ4n) is 2.47. The number of ether oxygens (including phenoxy) is 2. The van der Waals surface area contributed by atoms with Gasteiger partial charge in [0.2, 0.25) is 0 Å². The maximum absolute atomic E-state index is 13.0. The van der Waals surface area contributed by atoms with Gasteiger partial charge in [-0.1, -0.05) is 17.7 Å². The van der Waals surface area contributed by atoms with Crippen LogP contribution in [0.25, 0.3) is 23.4 Å². The molecule has 0 bridgehead atoms. The molecule has 1 aromatic heterocycles. The Bertz CT molecular complexity index is 951. The second-order valence-electron chi connectivity index (χ2n) is 6.11. The number of aromatic nitrogens is 1. The smallest absolute Gasteiger partial charge is 0.180 e. The van der Waals surface area contributed by atoms with Crippen molar-refractivity contribution in [2.24, 2.45) is 0 Å². The van der Waals surface area contributed by atoms with Crippen LogP contribution in [0.5, 0.6) is 11.5 Å². The number of benzene rings is 2. The topological polar surface area (TPSA) is 31.4 Å². The fourth-order valence-corrected chi connectivity index (χ4v) is 3.45. The van der Waals surface area contributed by atoms with Crippen molar-refractivity contribution in [3.63, 3.8) is 0 Å². The summed E-state index contributed by atoms with van der Waals surface area (Å²) < 4.78 is 24.2. The minimum atomic E-state index is -0.259. The third kappa shape index (κ3) is 4.87. The van der Waals surface area contributed by atoms with Crippen LogP contribution in [-0.4, -0.2) is 18.2 Å². The van der Waals surface area contributed by atoms with Gasteiger partial charge in [-0.25, -0.2) is 9.37 Å². The molecule has 0 aliphatic heterocycles. The first-order valence-electron chi connectivity index (χ1n) is 8.40. The molecule has 0 fully saturated rings. The summed E-state index contributed by atoms with van der Waals surface area (Å²) in [6, 6.07) is 9.99. The van der Waals surface area contributed by atoms with E-state index in [0.29, 0.717) is 16.5 Å². The minimum absolute atomic E-state index is 0.00186. The van der Waals surface area contributed by atoms with Crippen LogP contribution in [0.2, 0.25) is 5.02 Å². The zero-order valence-electron chi connectivity index (χ0n) is 15.2. The van der Waals surface area contributed by atoms with Crippen molar-refractivity contribution in [3.8, 4) is 22.8 Å². The van der Waals surface area contributed by atoms with E-state index in [2.05, 4.69) is 4.98 Å². The predicted octanol–water partition coefficient (Wildman–Crippen LogP) is 6.57. The first-order chi connectivity index (χ1) is 13.0. The van der Waals surface area contributed by atoms with Crippen LogP contribution in [0.1, 0.15) is 24.4 Å². The normalized spacial score (nSPS) is 11.3. The summed E-state index contributed by atoms with van der Waals surface area (Å²) >= 11 is 7.87. The maximum atomic E-state index is 13.0. The van der Waals surface area contributed by atoms with Gasteiger partial charge in [-0.05, 0) is 61.9 Å². The molecule has 0 aliphatic carbocycles. The molecular formula is C21H19ClFNO2S. The largest absolute Gasteiger partial charge is 0.493 e. The Hall–Kier alpha value is -2.37. The molecule has 0 aliphatic rings. The molecule has 2 aromatic carbocycles. The number of rotatable bonds is 6. The van der Waals surface area contributed by atoms with Crippen LogP contribution in [-0.2, 0) is 0 Å². The maximum Gasteiger partial charge on any atom is 0.180 e. The van der Waals surface area contributed by atoms with Crippen molar-refractivity contribution in [2.45, 2.75) is 20.0 Å². The molecule has 3 rings (SSSR count). The molecule has 0 N–H and O–H groups in total. The molecule has 6 heteroatoms. The van der Waals surface area contributed by atoms with E-state index < -0.39 is 0 Å². The Balaban J connectivity index is 1.82. The number of hydrogen-bond acceptors (Lipinski definition) is 4. The molecule has 27 heavy (non-hydrogen) atoms. The first-order valence-corrected chi connectivity index (χ1v) is 9.65. The van der Waals surface area contributed by atoms with Crippen LogP contribution in [0.4, 0.5) is 4.39 Å². The summed E-state index contributed by atoms with van der Waals surface area (Å²) in [5, 5.41) is 3.28. The molecule has 0 atom stereocenters. The van der Waals surface area contributed by atoms with Crippen molar-refractivity contribution >= 4 is 35.1 Å². The average molecular weight is 404 g/mol. The second kappa shape index (κ2) is 8.55. The van der Waals surface area contributed by atoms with Crippen molar-refractivity contribution in [1.82, 2.24) is 4.98 Å². The molecule has 140 valence electrons. The summed E-state index contributed by atoms with van der Waals surface area (Å²) in [6.07, 6.45) is 3.82. The van der Waals surface area contributed by atoms with Crippen LogP contribution >= 0.6 is 22.9 Å². The highest BCUT2D eigenvalue weighted by Crippen LogP contribution is 2.37.